The van der Waals surface area contributed by atoms with Gasteiger partial charge >= 0.3 is 11.9 Å². The number of rotatable bonds is 29. The van der Waals surface area contributed by atoms with Gasteiger partial charge in [0.05, 0.1) is 19.8 Å². The minimum absolute atomic E-state index is 0.155. The van der Waals surface area contributed by atoms with E-state index in [1.165, 1.54) is 38.5 Å². The molecule has 55 heavy (non-hydrogen) atoms. The van der Waals surface area contributed by atoms with Gasteiger partial charge in [0, 0.05) is 12.8 Å². The van der Waals surface area contributed by atoms with Crippen molar-refractivity contribution in [2.45, 2.75) is 191 Å². The fraction of sp³-hybridized carbons (Fsp3) is 0.850. The maximum atomic E-state index is 12.7. The lowest BCUT2D eigenvalue weighted by atomic mass is 9.98. The van der Waals surface area contributed by atoms with Gasteiger partial charge in [-0.3, -0.25) is 9.59 Å². The summed E-state index contributed by atoms with van der Waals surface area (Å²) in [5.41, 5.74) is 0. The molecule has 2 heterocycles. The lowest BCUT2D eigenvalue weighted by molar-refractivity contribution is -0.332. The minimum atomic E-state index is -1.76. The number of esters is 2. The largest absolute Gasteiger partial charge is 0.462 e. The standard InChI is InChI=1S/C40H70O15/c1-3-5-6-7-8-9-10-11-12-13-14-15-16-17-18-19-20-21-23-32(43)53-28(25-50-31(42)22-4-2)26-51-39-38(49)36(47)34(45)30(55-39)27-52-40-37(48)35(46)33(44)29(24-41)54-40/h9-10,12-13,28-30,33-41,44-49H,3-8,11,14-27H2,1-2H3/b10-9-,13-12-. The first-order valence-electron chi connectivity index (χ1n) is 20.4. The van der Waals surface area contributed by atoms with E-state index in [1.807, 2.05) is 6.92 Å². The Morgan fingerprint density at radius 1 is 0.582 bits per heavy atom. The van der Waals surface area contributed by atoms with Gasteiger partial charge in [0.1, 0.15) is 55.4 Å². The first kappa shape index (κ1) is 49.1. The first-order valence-corrected chi connectivity index (χ1v) is 20.4. The van der Waals surface area contributed by atoms with Gasteiger partial charge in [-0.25, -0.2) is 0 Å². The molecule has 0 bridgehead atoms. The number of carbonyl (C=O) groups excluding carboxylic acids is 2. The van der Waals surface area contributed by atoms with E-state index >= 15 is 0 Å². The van der Waals surface area contributed by atoms with Crippen LogP contribution in [0.15, 0.2) is 24.3 Å². The Hall–Kier alpha value is -2.02. The highest BCUT2D eigenvalue weighted by molar-refractivity contribution is 5.70. The Labute approximate surface area is 326 Å². The maximum absolute atomic E-state index is 12.7. The first-order chi connectivity index (χ1) is 26.5. The molecule has 0 saturated carbocycles. The van der Waals surface area contributed by atoms with E-state index < -0.39 is 92.7 Å². The van der Waals surface area contributed by atoms with Gasteiger partial charge in [0.15, 0.2) is 18.7 Å². The van der Waals surface area contributed by atoms with Crippen molar-refractivity contribution in [3.05, 3.63) is 24.3 Å². The second-order valence-corrected chi connectivity index (χ2v) is 14.5. The monoisotopic (exact) mass is 790 g/mol. The van der Waals surface area contributed by atoms with Crippen LogP contribution in [0.2, 0.25) is 0 Å². The van der Waals surface area contributed by atoms with Crippen LogP contribution >= 0.6 is 0 Å². The van der Waals surface area contributed by atoms with Gasteiger partial charge in [-0.2, -0.15) is 0 Å². The Morgan fingerprint density at radius 2 is 1.13 bits per heavy atom. The van der Waals surface area contributed by atoms with Crippen LogP contribution in [-0.2, 0) is 38.0 Å². The molecule has 11 unspecified atom stereocenters. The molecule has 0 aliphatic carbocycles. The zero-order valence-electron chi connectivity index (χ0n) is 32.9. The number of aliphatic hydroxyl groups is 7. The molecule has 2 aliphatic rings. The van der Waals surface area contributed by atoms with Crippen LogP contribution in [0.5, 0.6) is 0 Å². The molecule has 0 amide bonds. The molecule has 11 atom stereocenters. The molecule has 0 spiro atoms. The minimum Gasteiger partial charge on any atom is -0.462 e. The normalized spacial score (nSPS) is 29.2. The summed E-state index contributed by atoms with van der Waals surface area (Å²) in [4.78, 5) is 24.8. The second kappa shape index (κ2) is 29.2. The molecule has 0 aromatic carbocycles. The lowest BCUT2D eigenvalue weighted by Crippen LogP contribution is -2.61. The molecular weight excluding hydrogens is 720 g/mol. The molecule has 2 rings (SSSR count). The highest BCUT2D eigenvalue weighted by Crippen LogP contribution is 2.26. The van der Waals surface area contributed by atoms with Gasteiger partial charge < -0.3 is 64.2 Å². The quantitative estimate of drug-likeness (QED) is 0.0328. The van der Waals surface area contributed by atoms with E-state index in [2.05, 4.69) is 31.2 Å². The average molecular weight is 791 g/mol. The van der Waals surface area contributed by atoms with Crippen LogP contribution in [-0.4, -0.2) is 142 Å². The van der Waals surface area contributed by atoms with Gasteiger partial charge in [-0.15, -0.1) is 0 Å². The van der Waals surface area contributed by atoms with Crippen LogP contribution in [0.1, 0.15) is 123 Å². The van der Waals surface area contributed by atoms with Crippen molar-refractivity contribution in [2.24, 2.45) is 0 Å². The molecular formula is C40H70O15. The summed E-state index contributed by atoms with van der Waals surface area (Å²) in [6.07, 6.45) is 8.51. The molecule has 320 valence electrons. The fourth-order valence-corrected chi connectivity index (χ4v) is 6.22. The summed E-state index contributed by atoms with van der Waals surface area (Å²) < 4.78 is 32.8. The summed E-state index contributed by atoms with van der Waals surface area (Å²) in [6, 6.07) is 0. The van der Waals surface area contributed by atoms with E-state index in [4.69, 9.17) is 28.4 Å². The zero-order chi connectivity index (χ0) is 40.4. The van der Waals surface area contributed by atoms with Crippen molar-refractivity contribution in [1.29, 1.82) is 0 Å². The van der Waals surface area contributed by atoms with Crippen LogP contribution in [0.4, 0.5) is 0 Å². The summed E-state index contributed by atoms with van der Waals surface area (Å²) >= 11 is 0. The highest BCUT2D eigenvalue weighted by Gasteiger charge is 2.47. The second-order valence-electron chi connectivity index (χ2n) is 14.5. The topological polar surface area (TPSA) is 231 Å². The Balaban J connectivity index is 1.74. The Bertz CT molecular complexity index is 1070. The molecule has 2 saturated heterocycles. The SMILES string of the molecule is CCCCCC/C=C\C/C=C\CCCCCCCCCC(=O)OC(COC(=O)CCC)COC1OC(COC2OC(CO)C(O)C(O)C2O)C(O)C(O)C1O. The van der Waals surface area contributed by atoms with E-state index in [-0.39, 0.29) is 26.1 Å². The summed E-state index contributed by atoms with van der Waals surface area (Å²) in [6.45, 7) is 2.13. The molecule has 7 N–H and O–H groups in total. The third-order valence-corrected chi connectivity index (χ3v) is 9.65. The highest BCUT2D eigenvalue weighted by atomic mass is 16.7. The molecule has 15 heteroatoms. The molecule has 0 radical (unpaired) electrons. The summed E-state index contributed by atoms with van der Waals surface area (Å²) in [7, 11) is 0. The van der Waals surface area contributed by atoms with Crippen molar-refractivity contribution >= 4 is 11.9 Å². The van der Waals surface area contributed by atoms with E-state index in [0.717, 1.165) is 44.9 Å². The number of unbranched alkanes of at least 4 members (excludes halogenated alkanes) is 11. The van der Waals surface area contributed by atoms with Crippen molar-refractivity contribution < 1.29 is 73.8 Å². The molecule has 0 aromatic heterocycles. The average Bonchev–Trinajstić information content (AvgIpc) is 3.17. The summed E-state index contributed by atoms with van der Waals surface area (Å²) in [5.74, 6) is -0.997. The van der Waals surface area contributed by atoms with Gasteiger partial charge in [0.2, 0.25) is 0 Å². The van der Waals surface area contributed by atoms with Gasteiger partial charge in [0.25, 0.3) is 0 Å². The number of ether oxygens (including phenoxy) is 6. The van der Waals surface area contributed by atoms with Crippen LogP contribution in [0, 0.1) is 0 Å². The number of hydrogen-bond acceptors (Lipinski definition) is 15. The van der Waals surface area contributed by atoms with E-state index in [9.17, 15) is 45.3 Å². The van der Waals surface area contributed by atoms with Crippen molar-refractivity contribution in [1.82, 2.24) is 0 Å². The third-order valence-electron chi connectivity index (χ3n) is 9.65. The molecule has 2 fully saturated rings. The van der Waals surface area contributed by atoms with E-state index in [1.54, 1.807) is 0 Å². The van der Waals surface area contributed by atoms with Crippen molar-refractivity contribution in [3.8, 4) is 0 Å². The molecule has 2 aliphatic heterocycles. The maximum Gasteiger partial charge on any atom is 0.306 e. The van der Waals surface area contributed by atoms with E-state index in [0.29, 0.717) is 12.8 Å². The molecule has 15 nitrogen and oxygen atoms in total. The van der Waals surface area contributed by atoms with Crippen LogP contribution in [0.3, 0.4) is 0 Å². The smallest absolute Gasteiger partial charge is 0.306 e. The van der Waals surface area contributed by atoms with Crippen molar-refractivity contribution in [3.63, 3.8) is 0 Å². The predicted molar refractivity (Wildman–Crippen MR) is 201 cm³/mol. The lowest BCUT2D eigenvalue weighted by Gasteiger charge is -2.42. The van der Waals surface area contributed by atoms with Crippen LogP contribution in [0.25, 0.3) is 0 Å². The fourth-order valence-electron chi connectivity index (χ4n) is 6.22. The zero-order valence-corrected chi connectivity index (χ0v) is 32.9. The third kappa shape index (κ3) is 19.3. The Morgan fingerprint density at radius 3 is 1.73 bits per heavy atom. The number of hydrogen-bond donors (Lipinski definition) is 7. The number of allylic oxidation sites excluding steroid dienone is 4. The van der Waals surface area contributed by atoms with Crippen LogP contribution < -0.4 is 0 Å². The van der Waals surface area contributed by atoms with Gasteiger partial charge in [-0.05, 0) is 44.9 Å². The molecule has 0 aromatic rings. The Kier molecular flexibility index (Phi) is 26.1. The predicted octanol–water partition coefficient (Wildman–Crippen LogP) is 2.87. The number of carbonyl (C=O) groups is 2. The number of aliphatic hydroxyl groups excluding tert-OH is 7. The summed E-state index contributed by atoms with van der Waals surface area (Å²) in [5, 5.41) is 71.2. The van der Waals surface area contributed by atoms with Crippen molar-refractivity contribution in [2.75, 3.05) is 26.4 Å². The van der Waals surface area contributed by atoms with Gasteiger partial charge in [-0.1, -0.05) is 89.5 Å².